The molecule has 0 bridgehead atoms. The van der Waals surface area contributed by atoms with Crippen LogP contribution in [0.25, 0.3) is 0 Å². The van der Waals surface area contributed by atoms with Gasteiger partial charge in [0.15, 0.2) is 0 Å². The lowest BCUT2D eigenvalue weighted by molar-refractivity contribution is -0.120. The number of carbonyl (C=O) groups is 1. The Hall–Kier alpha value is -1.64. The zero-order valence-electron chi connectivity index (χ0n) is 11.4. The monoisotopic (exact) mass is 256 g/mol. The van der Waals surface area contributed by atoms with Crippen molar-refractivity contribution in [2.45, 2.75) is 38.1 Å². The molecule has 3 heteroatoms. The molecule has 1 atom stereocenters. The topological polar surface area (TPSA) is 32.7 Å². The second-order valence-electron chi connectivity index (χ2n) is 5.58. The molecule has 1 fully saturated rings. The van der Waals surface area contributed by atoms with Crippen LogP contribution in [-0.4, -0.2) is 25.2 Å². The maximum Gasteiger partial charge on any atom is 0.251 e. The van der Waals surface area contributed by atoms with E-state index in [1.165, 1.54) is 19.3 Å². The second kappa shape index (κ2) is 5.16. The lowest BCUT2D eigenvalue weighted by Crippen LogP contribution is -2.39. The van der Waals surface area contributed by atoms with E-state index >= 15 is 0 Å². The third-order valence-corrected chi connectivity index (χ3v) is 4.35. The van der Waals surface area contributed by atoms with E-state index in [0.29, 0.717) is 5.92 Å². The van der Waals surface area contributed by atoms with Gasteiger partial charge < -0.3 is 4.90 Å². The lowest BCUT2D eigenvalue weighted by atomic mass is 9.83. The van der Waals surface area contributed by atoms with Gasteiger partial charge in [-0.05, 0) is 24.8 Å². The highest BCUT2D eigenvalue weighted by Crippen LogP contribution is 2.31. The van der Waals surface area contributed by atoms with Crippen LogP contribution in [0.2, 0.25) is 0 Å². The van der Waals surface area contributed by atoms with Gasteiger partial charge in [0.05, 0.1) is 5.69 Å². The van der Waals surface area contributed by atoms with E-state index < -0.39 is 0 Å². The summed E-state index contributed by atoms with van der Waals surface area (Å²) in [5.41, 5.74) is 2.01. The van der Waals surface area contributed by atoms with Crippen LogP contribution in [0.4, 0.5) is 5.69 Å². The number of fused-ring (bicyclic) bond motifs is 1. The van der Waals surface area contributed by atoms with Crippen molar-refractivity contribution in [3.63, 3.8) is 0 Å². The number of para-hydroxylation sites is 1. The minimum Gasteiger partial charge on any atom is -0.313 e. The summed E-state index contributed by atoms with van der Waals surface area (Å²) in [6.07, 6.45) is 7.93. The predicted octanol–water partition coefficient (Wildman–Crippen LogP) is 3.03. The molecule has 2 aliphatic rings. The quantitative estimate of drug-likeness (QED) is 0.760. The van der Waals surface area contributed by atoms with Gasteiger partial charge in [0.25, 0.3) is 5.91 Å². The number of benzodiazepines with no additional fused rings is 1. The van der Waals surface area contributed by atoms with Crippen LogP contribution in [0.1, 0.15) is 37.7 Å². The number of carbonyl (C=O) groups excluding carboxylic acids is 1. The van der Waals surface area contributed by atoms with E-state index in [1.54, 1.807) is 4.90 Å². The van der Waals surface area contributed by atoms with E-state index in [4.69, 9.17) is 0 Å². The van der Waals surface area contributed by atoms with Crippen LogP contribution in [-0.2, 0) is 4.79 Å². The van der Waals surface area contributed by atoms with Crippen LogP contribution in [0.3, 0.4) is 0 Å². The fraction of sp³-hybridized carbons (Fsp3) is 0.500. The summed E-state index contributed by atoms with van der Waals surface area (Å²) in [5.74, 6) is 0.572. The molecule has 0 N–H and O–H groups in total. The molecule has 0 spiro atoms. The number of nitrogens with zero attached hydrogens (tertiary/aromatic N) is 2. The molecule has 3 nitrogen and oxygen atoms in total. The number of likely N-dealkylation sites (N-methyl/N-ethyl adjacent to an activating group) is 1. The first-order chi connectivity index (χ1) is 9.27. The minimum absolute atomic E-state index is 0.146. The first-order valence-electron chi connectivity index (χ1n) is 7.17. The van der Waals surface area contributed by atoms with E-state index in [1.807, 2.05) is 37.5 Å². The Morgan fingerprint density at radius 2 is 1.89 bits per heavy atom. The van der Waals surface area contributed by atoms with Crippen LogP contribution in [0.15, 0.2) is 29.3 Å². The van der Waals surface area contributed by atoms with E-state index in [-0.39, 0.29) is 11.9 Å². The van der Waals surface area contributed by atoms with Gasteiger partial charge in [0, 0.05) is 18.8 Å². The fourth-order valence-electron chi connectivity index (χ4n) is 3.22. The van der Waals surface area contributed by atoms with Gasteiger partial charge in [0.2, 0.25) is 0 Å². The Morgan fingerprint density at radius 1 is 1.16 bits per heavy atom. The largest absolute Gasteiger partial charge is 0.313 e. The van der Waals surface area contributed by atoms with Gasteiger partial charge in [-0.25, -0.2) is 0 Å². The summed E-state index contributed by atoms with van der Waals surface area (Å²) < 4.78 is 0. The standard InChI is InChI=1S/C16H20N2O/c1-18-14-10-6-5-9-13(14)11-17-15(16(18)19)12-7-3-2-4-8-12/h5-6,9-12,15H,2-4,7-8H2,1H3. The highest BCUT2D eigenvalue weighted by atomic mass is 16.2. The maximum absolute atomic E-state index is 12.6. The molecule has 1 aliphatic carbocycles. The first kappa shape index (κ1) is 12.4. The predicted molar refractivity (Wildman–Crippen MR) is 77.8 cm³/mol. The molecule has 1 aromatic carbocycles. The second-order valence-corrected chi connectivity index (χ2v) is 5.58. The third kappa shape index (κ3) is 2.29. The number of aliphatic imine (C=N–C) groups is 1. The van der Waals surface area contributed by atoms with E-state index in [9.17, 15) is 4.79 Å². The summed E-state index contributed by atoms with van der Waals surface area (Å²) in [6.45, 7) is 0. The van der Waals surface area contributed by atoms with Gasteiger partial charge in [-0.15, -0.1) is 0 Å². The lowest BCUT2D eigenvalue weighted by Gasteiger charge is -2.28. The Kier molecular flexibility index (Phi) is 3.36. The molecule has 0 radical (unpaired) electrons. The van der Waals surface area contributed by atoms with Crippen molar-refractivity contribution in [3.8, 4) is 0 Å². The Morgan fingerprint density at radius 3 is 2.68 bits per heavy atom. The highest BCUT2D eigenvalue weighted by Gasteiger charge is 2.33. The molecular formula is C16H20N2O. The molecule has 0 saturated heterocycles. The molecule has 100 valence electrons. The summed E-state index contributed by atoms with van der Waals surface area (Å²) in [6, 6.07) is 7.79. The zero-order chi connectivity index (χ0) is 13.2. The van der Waals surface area contributed by atoms with Crippen LogP contribution >= 0.6 is 0 Å². The Balaban J connectivity index is 1.91. The highest BCUT2D eigenvalue weighted by molar-refractivity contribution is 6.04. The normalized spacial score (nSPS) is 24.2. The maximum atomic E-state index is 12.6. The smallest absolute Gasteiger partial charge is 0.251 e. The SMILES string of the molecule is CN1C(=O)C(C2CCCCC2)N=Cc2ccccc21. The Labute approximate surface area is 114 Å². The molecule has 1 heterocycles. The molecule has 1 saturated carbocycles. The van der Waals surface area contributed by atoms with Gasteiger partial charge in [-0.3, -0.25) is 9.79 Å². The summed E-state index contributed by atoms with van der Waals surface area (Å²) >= 11 is 0. The summed E-state index contributed by atoms with van der Waals surface area (Å²) in [4.78, 5) is 19.0. The van der Waals surface area contributed by atoms with Crippen molar-refractivity contribution in [1.29, 1.82) is 0 Å². The van der Waals surface area contributed by atoms with Crippen molar-refractivity contribution in [2.24, 2.45) is 10.9 Å². The van der Waals surface area contributed by atoms with Crippen molar-refractivity contribution in [3.05, 3.63) is 29.8 Å². The van der Waals surface area contributed by atoms with Gasteiger partial charge >= 0.3 is 0 Å². The van der Waals surface area contributed by atoms with Gasteiger partial charge in [0.1, 0.15) is 6.04 Å². The molecule has 3 rings (SSSR count). The third-order valence-electron chi connectivity index (χ3n) is 4.35. The first-order valence-corrected chi connectivity index (χ1v) is 7.17. The molecule has 1 amide bonds. The van der Waals surface area contributed by atoms with Crippen molar-refractivity contribution >= 4 is 17.8 Å². The zero-order valence-corrected chi connectivity index (χ0v) is 11.4. The minimum atomic E-state index is -0.183. The van der Waals surface area contributed by atoms with Crippen LogP contribution in [0.5, 0.6) is 0 Å². The number of amides is 1. The molecule has 19 heavy (non-hydrogen) atoms. The van der Waals surface area contributed by atoms with Gasteiger partial charge in [-0.2, -0.15) is 0 Å². The number of hydrogen-bond donors (Lipinski definition) is 0. The number of benzene rings is 1. The summed E-state index contributed by atoms with van der Waals surface area (Å²) in [5, 5.41) is 0. The number of anilines is 1. The molecule has 1 aromatic rings. The van der Waals surface area contributed by atoms with Crippen LogP contribution < -0.4 is 4.90 Å². The fourth-order valence-corrected chi connectivity index (χ4v) is 3.22. The molecular weight excluding hydrogens is 236 g/mol. The van der Waals surface area contributed by atoms with E-state index in [2.05, 4.69) is 4.99 Å². The van der Waals surface area contributed by atoms with Gasteiger partial charge in [-0.1, -0.05) is 37.5 Å². The average molecular weight is 256 g/mol. The number of hydrogen-bond acceptors (Lipinski definition) is 2. The van der Waals surface area contributed by atoms with Crippen molar-refractivity contribution in [2.75, 3.05) is 11.9 Å². The van der Waals surface area contributed by atoms with Crippen LogP contribution in [0, 0.1) is 5.92 Å². The average Bonchev–Trinajstić information content (AvgIpc) is 2.59. The van der Waals surface area contributed by atoms with Crippen molar-refractivity contribution < 1.29 is 4.79 Å². The number of rotatable bonds is 1. The van der Waals surface area contributed by atoms with E-state index in [0.717, 1.165) is 24.1 Å². The Bertz CT molecular complexity index is 503. The molecule has 1 aliphatic heterocycles. The summed E-state index contributed by atoms with van der Waals surface area (Å²) in [7, 11) is 1.87. The molecule has 1 unspecified atom stereocenters. The molecule has 0 aromatic heterocycles. The van der Waals surface area contributed by atoms with Crippen molar-refractivity contribution in [1.82, 2.24) is 0 Å².